The molecule has 1 amide bonds. The number of benzene rings is 2. The number of aromatic amines is 1. The summed E-state index contributed by atoms with van der Waals surface area (Å²) in [6, 6.07) is 17.2. The summed E-state index contributed by atoms with van der Waals surface area (Å²) in [4.78, 5) is 20.9. The van der Waals surface area contributed by atoms with Gasteiger partial charge in [0.1, 0.15) is 23.6 Å². The summed E-state index contributed by atoms with van der Waals surface area (Å²) in [5.74, 6) is 1.71. The van der Waals surface area contributed by atoms with Gasteiger partial charge in [0, 0.05) is 35.1 Å². The zero-order valence-corrected chi connectivity index (χ0v) is 20.3. The average Bonchev–Trinajstić information content (AvgIpc) is 3.29. The second-order valence-corrected chi connectivity index (χ2v) is 8.90. The lowest BCUT2D eigenvalue weighted by molar-refractivity contribution is -0.121. The number of ether oxygens (including phenoxy) is 3. The van der Waals surface area contributed by atoms with Crippen LogP contribution in [0.4, 0.5) is 0 Å². The van der Waals surface area contributed by atoms with Crippen LogP contribution in [0.25, 0.3) is 10.9 Å². The number of aromatic nitrogens is 2. The van der Waals surface area contributed by atoms with Gasteiger partial charge in [0.05, 0.1) is 13.7 Å². The highest BCUT2D eigenvalue weighted by Gasteiger charge is 2.26. The number of pyridine rings is 1. The van der Waals surface area contributed by atoms with Crippen molar-refractivity contribution >= 4 is 28.4 Å². The highest BCUT2D eigenvalue weighted by molar-refractivity contribution is 6.30. The number of carbonyl (C=O) groups excluding carboxylic acids is 1. The Morgan fingerprint density at radius 1 is 1.20 bits per heavy atom. The Labute approximate surface area is 208 Å². The number of aryl methyl sites for hydroxylation is 1. The number of halogens is 1. The van der Waals surface area contributed by atoms with Gasteiger partial charge in [-0.15, -0.1) is 0 Å². The van der Waals surface area contributed by atoms with Crippen LogP contribution in [0.2, 0.25) is 5.15 Å². The molecule has 3 heterocycles. The smallest absolute Gasteiger partial charge is 0.221 e. The first-order chi connectivity index (χ1) is 17.0. The Kier molecular flexibility index (Phi) is 6.51. The summed E-state index contributed by atoms with van der Waals surface area (Å²) in [7, 11) is 1.63. The number of methoxy groups -OCH3 is 1. The van der Waals surface area contributed by atoms with E-state index in [0.29, 0.717) is 29.8 Å². The van der Waals surface area contributed by atoms with Crippen molar-refractivity contribution in [3.05, 3.63) is 82.8 Å². The van der Waals surface area contributed by atoms with E-state index in [1.165, 1.54) is 0 Å². The van der Waals surface area contributed by atoms with Crippen LogP contribution in [0.3, 0.4) is 0 Å². The number of fused-ring (bicyclic) bond motifs is 2. The van der Waals surface area contributed by atoms with Gasteiger partial charge in [-0.1, -0.05) is 29.8 Å². The van der Waals surface area contributed by atoms with E-state index in [0.717, 1.165) is 33.5 Å². The largest absolute Gasteiger partial charge is 0.497 e. The summed E-state index contributed by atoms with van der Waals surface area (Å²) < 4.78 is 17.2. The van der Waals surface area contributed by atoms with Crippen molar-refractivity contribution < 1.29 is 19.0 Å². The van der Waals surface area contributed by atoms with Gasteiger partial charge >= 0.3 is 0 Å². The highest BCUT2D eigenvalue weighted by Crippen LogP contribution is 2.37. The SMILES string of the molecule is COc1ccc2[nH]cc([C@@H](CC(=O)NC[C@@H]3COc4ccccc4O3)c3ccc(C)nc3Cl)c2c1. The molecule has 0 unspecified atom stereocenters. The van der Waals surface area contributed by atoms with E-state index in [9.17, 15) is 4.79 Å². The Bertz CT molecular complexity index is 1370. The lowest BCUT2D eigenvalue weighted by Gasteiger charge is -2.27. The summed E-state index contributed by atoms with van der Waals surface area (Å²) in [6.45, 7) is 2.59. The average molecular weight is 492 g/mol. The molecule has 1 aliphatic heterocycles. The van der Waals surface area contributed by atoms with Crippen LogP contribution >= 0.6 is 11.6 Å². The minimum atomic E-state index is -0.305. The summed E-state index contributed by atoms with van der Waals surface area (Å²) in [6.07, 6.45) is 1.85. The molecule has 2 aromatic heterocycles. The van der Waals surface area contributed by atoms with Crippen molar-refractivity contribution in [1.29, 1.82) is 0 Å². The Balaban J connectivity index is 1.37. The molecule has 0 fully saturated rings. The lowest BCUT2D eigenvalue weighted by Crippen LogP contribution is -2.41. The first-order valence-corrected chi connectivity index (χ1v) is 11.8. The van der Waals surface area contributed by atoms with Gasteiger partial charge in [-0.25, -0.2) is 4.98 Å². The van der Waals surface area contributed by atoms with E-state index in [1.807, 2.05) is 67.7 Å². The van der Waals surface area contributed by atoms with Crippen LogP contribution in [0.1, 0.15) is 29.2 Å². The molecule has 35 heavy (non-hydrogen) atoms. The number of para-hydroxylation sites is 2. The predicted octanol–water partition coefficient (Wildman–Crippen LogP) is 5.01. The number of nitrogens with zero attached hydrogens (tertiary/aromatic N) is 1. The van der Waals surface area contributed by atoms with E-state index in [-0.39, 0.29) is 24.3 Å². The topological polar surface area (TPSA) is 85.5 Å². The molecule has 7 nitrogen and oxygen atoms in total. The van der Waals surface area contributed by atoms with E-state index in [2.05, 4.69) is 15.3 Å². The predicted molar refractivity (Wildman–Crippen MR) is 135 cm³/mol. The lowest BCUT2D eigenvalue weighted by atomic mass is 9.88. The van der Waals surface area contributed by atoms with E-state index < -0.39 is 0 Å². The van der Waals surface area contributed by atoms with Gasteiger partial charge in [-0.05, 0) is 54.4 Å². The molecule has 0 aliphatic carbocycles. The molecule has 4 aromatic rings. The van der Waals surface area contributed by atoms with E-state index in [4.69, 9.17) is 25.8 Å². The number of H-pyrrole nitrogens is 1. The quantitative estimate of drug-likeness (QED) is 0.355. The van der Waals surface area contributed by atoms with Crippen molar-refractivity contribution in [1.82, 2.24) is 15.3 Å². The van der Waals surface area contributed by atoms with Gasteiger partial charge < -0.3 is 24.5 Å². The monoisotopic (exact) mass is 491 g/mol. The van der Waals surface area contributed by atoms with Gasteiger partial charge in [-0.3, -0.25) is 4.79 Å². The van der Waals surface area contributed by atoms with Gasteiger partial charge in [0.2, 0.25) is 5.91 Å². The van der Waals surface area contributed by atoms with Crippen LogP contribution in [-0.2, 0) is 4.79 Å². The molecular formula is C27H26ClN3O4. The Morgan fingerprint density at radius 3 is 2.83 bits per heavy atom. The number of hydrogen-bond acceptors (Lipinski definition) is 5. The van der Waals surface area contributed by atoms with Crippen molar-refractivity contribution in [3.63, 3.8) is 0 Å². The van der Waals surface area contributed by atoms with Crippen molar-refractivity contribution in [2.75, 3.05) is 20.3 Å². The molecule has 1 aliphatic rings. The molecule has 2 N–H and O–H groups in total. The molecule has 0 spiro atoms. The fraction of sp³-hybridized carbons (Fsp3) is 0.259. The minimum Gasteiger partial charge on any atom is -0.497 e. The molecule has 0 saturated heterocycles. The van der Waals surface area contributed by atoms with Gasteiger partial charge in [-0.2, -0.15) is 0 Å². The summed E-state index contributed by atoms with van der Waals surface area (Å²) in [5, 5.41) is 4.37. The normalized spacial score (nSPS) is 15.6. The van der Waals surface area contributed by atoms with Gasteiger partial charge in [0.25, 0.3) is 0 Å². The maximum atomic E-state index is 13.1. The molecular weight excluding hydrogens is 466 g/mol. The zero-order valence-electron chi connectivity index (χ0n) is 19.5. The molecule has 5 rings (SSSR count). The number of hydrogen-bond donors (Lipinski definition) is 2. The third-order valence-corrected chi connectivity index (χ3v) is 6.48. The maximum absolute atomic E-state index is 13.1. The molecule has 8 heteroatoms. The van der Waals surface area contributed by atoms with Crippen LogP contribution in [0.15, 0.2) is 60.8 Å². The first kappa shape index (κ1) is 23.1. The second kappa shape index (κ2) is 9.88. The van der Waals surface area contributed by atoms with Crippen LogP contribution in [0.5, 0.6) is 17.2 Å². The van der Waals surface area contributed by atoms with Crippen molar-refractivity contribution in [2.45, 2.75) is 25.4 Å². The van der Waals surface area contributed by atoms with Gasteiger partial charge in [0.15, 0.2) is 11.5 Å². The first-order valence-electron chi connectivity index (χ1n) is 11.4. The van der Waals surface area contributed by atoms with Crippen molar-refractivity contribution in [2.24, 2.45) is 0 Å². The third kappa shape index (κ3) is 4.91. The van der Waals surface area contributed by atoms with Crippen LogP contribution in [-0.4, -0.2) is 42.2 Å². The van der Waals surface area contributed by atoms with Crippen LogP contribution in [0, 0.1) is 6.92 Å². The standard InChI is InChI=1S/C27H26ClN3O4/c1-16-7-9-19(27(28)31-16)20(22-14-29-23-10-8-17(33-2)11-21(22)23)12-26(32)30-13-18-15-34-24-5-3-4-6-25(24)35-18/h3-11,14,18,20,29H,12-13,15H2,1-2H3,(H,30,32)/t18-,20+/m1/s1. The number of carbonyl (C=O) groups is 1. The second-order valence-electron chi connectivity index (χ2n) is 8.55. The minimum absolute atomic E-state index is 0.119. The van der Waals surface area contributed by atoms with Crippen LogP contribution < -0.4 is 19.5 Å². The molecule has 0 bridgehead atoms. The zero-order chi connectivity index (χ0) is 24.4. The fourth-order valence-electron chi connectivity index (χ4n) is 4.37. The molecule has 2 atom stereocenters. The summed E-state index contributed by atoms with van der Waals surface area (Å²) >= 11 is 6.57. The number of amides is 1. The Hall–Kier alpha value is -3.71. The summed E-state index contributed by atoms with van der Waals surface area (Å²) in [5.41, 5.74) is 3.51. The van der Waals surface area contributed by atoms with Crippen molar-refractivity contribution in [3.8, 4) is 17.2 Å². The molecule has 180 valence electrons. The molecule has 2 aromatic carbocycles. The molecule has 0 saturated carbocycles. The van der Waals surface area contributed by atoms with E-state index >= 15 is 0 Å². The fourth-order valence-corrected chi connectivity index (χ4v) is 4.70. The Morgan fingerprint density at radius 2 is 2.03 bits per heavy atom. The van der Waals surface area contributed by atoms with E-state index in [1.54, 1.807) is 7.11 Å². The molecule has 0 radical (unpaired) electrons. The maximum Gasteiger partial charge on any atom is 0.221 e. The highest BCUT2D eigenvalue weighted by atomic mass is 35.5. The number of rotatable bonds is 7. The number of nitrogens with one attached hydrogen (secondary N) is 2. The third-order valence-electron chi connectivity index (χ3n) is 6.17.